The summed E-state index contributed by atoms with van der Waals surface area (Å²) in [5.74, 6) is -0.402. The molecule has 4 rings (SSSR count). The molecule has 0 saturated carbocycles. The number of fused-ring (bicyclic) bond motifs is 1. The highest BCUT2D eigenvalue weighted by Gasteiger charge is 2.29. The number of para-hydroxylation sites is 2. The standard InChI is InChI=1S/C22H26FN3O2/c1-3-14-12-16(20(27)17(23)13-14)21(28-15-8-10-26(2)11-9-15)22-24-18-6-4-5-7-19(18)25-22/h4-7,12-13,15,21,27H,3,8-11H2,1-2H3,(H,24,25). The summed E-state index contributed by atoms with van der Waals surface area (Å²) in [5.41, 5.74) is 2.95. The van der Waals surface area contributed by atoms with Crippen molar-refractivity contribution in [2.45, 2.75) is 38.4 Å². The number of H-pyrrole nitrogens is 1. The fourth-order valence-corrected chi connectivity index (χ4v) is 3.78. The molecule has 5 nitrogen and oxygen atoms in total. The number of hydrogen-bond donors (Lipinski definition) is 2. The third kappa shape index (κ3) is 3.75. The summed E-state index contributed by atoms with van der Waals surface area (Å²) in [5, 5.41) is 10.5. The number of piperidine rings is 1. The minimum absolute atomic E-state index is 0.0298. The zero-order valence-corrected chi connectivity index (χ0v) is 16.3. The van der Waals surface area contributed by atoms with Crippen molar-refractivity contribution in [2.75, 3.05) is 20.1 Å². The van der Waals surface area contributed by atoms with Gasteiger partial charge in [-0.05, 0) is 56.1 Å². The first-order chi connectivity index (χ1) is 13.5. The number of phenols is 1. The molecule has 1 fully saturated rings. The minimum Gasteiger partial charge on any atom is -0.505 e. The Kier molecular flexibility index (Phi) is 5.33. The number of imidazole rings is 1. The lowest BCUT2D eigenvalue weighted by Gasteiger charge is -2.31. The number of nitrogens with zero attached hydrogens (tertiary/aromatic N) is 2. The largest absolute Gasteiger partial charge is 0.505 e. The van der Waals surface area contributed by atoms with E-state index in [-0.39, 0.29) is 11.9 Å². The number of benzene rings is 2. The molecule has 0 amide bonds. The molecule has 28 heavy (non-hydrogen) atoms. The third-order valence-corrected chi connectivity index (χ3v) is 5.49. The Balaban J connectivity index is 1.76. The number of likely N-dealkylation sites (tertiary alicyclic amines) is 1. The van der Waals surface area contributed by atoms with Gasteiger partial charge in [0.15, 0.2) is 11.6 Å². The third-order valence-electron chi connectivity index (χ3n) is 5.49. The van der Waals surface area contributed by atoms with Gasteiger partial charge in [-0.3, -0.25) is 0 Å². The summed E-state index contributed by atoms with van der Waals surface area (Å²) >= 11 is 0. The Morgan fingerprint density at radius 2 is 2.04 bits per heavy atom. The Labute approximate surface area is 164 Å². The van der Waals surface area contributed by atoms with Gasteiger partial charge in [0.05, 0.1) is 17.1 Å². The Bertz CT molecular complexity index is 931. The highest BCUT2D eigenvalue weighted by atomic mass is 19.1. The normalized spacial score (nSPS) is 17.2. The molecule has 1 saturated heterocycles. The number of halogens is 1. The highest BCUT2D eigenvalue weighted by Crippen LogP contribution is 2.36. The minimum atomic E-state index is -0.651. The lowest BCUT2D eigenvalue weighted by Crippen LogP contribution is -2.35. The van der Waals surface area contributed by atoms with Crippen LogP contribution in [0.15, 0.2) is 36.4 Å². The highest BCUT2D eigenvalue weighted by molar-refractivity contribution is 5.75. The molecule has 148 valence electrons. The number of aromatic hydroxyl groups is 1. The number of nitrogens with one attached hydrogen (secondary N) is 1. The summed E-state index contributed by atoms with van der Waals surface area (Å²) in [4.78, 5) is 10.2. The quantitative estimate of drug-likeness (QED) is 0.694. The molecule has 0 spiro atoms. The summed E-state index contributed by atoms with van der Waals surface area (Å²) in [6.45, 7) is 3.86. The van der Waals surface area contributed by atoms with E-state index in [1.807, 2.05) is 37.3 Å². The van der Waals surface area contributed by atoms with E-state index < -0.39 is 11.9 Å². The van der Waals surface area contributed by atoms with Crippen molar-refractivity contribution in [3.63, 3.8) is 0 Å². The monoisotopic (exact) mass is 383 g/mol. The maximum Gasteiger partial charge on any atom is 0.165 e. The van der Waals surface area contributed by atoms with Crippen LogP contribution < -0.4 is 0 Å². The van der Waals surface area contributed by atoms with Crippen molar-refractivity contribution in [2.24, 2.45) is 0 Å². The Hall–Kier alpha value is -2.44. The molecule has 1 aliphatic rings. The summed E-state index contributed by atoms with van der Waals surface area (Å²) in [6.07, 6.45) is 1.84. The van der Waals surface area contributed by atoms with Gasteiger partial charge in [-0.25, -0.2) is 9.37 Å². The Morgan fingerprint density at radius 1 is 1.29 bits per heavy atom. The first kappa shape index (κ1) is 18.9. The average molecular weight is 383 g/mol. The maximum atomic E-state index is 14.4. The van der Waals surface area contributed by atoms with Crippen LogP contribution in [0.25, 0.3) is 11.0 Å². The summed E-state index contributed by atoms with van der Waals surface area (Å²) < 4.78 is 20.8. The fourth-order valence-electron chi connectivity index (χ4n) is 3.78. The average Bonchev–Trinajstić information content (AvgIpc) is 3.13. The van der Waals surface area contributed by atoms with Gasteiger partial charge in [0.1, 0.15) is 11.9 Å². The number of hydrogen-bond acceptors (Lipinski definition) is 4. The molecule has 1 unspecified atom stereocenters. The number of phenolic OH excluding ortho intramolecular Hbond substituents is 1. The summed E-state index contributed by atoms with van der Waals surface area (Å²) in [6, 6.07) is 10.9. The molecule has 1 aromatic heterocycles. The molecular weight excluding hydrogens is 357 g/mol. The predicted molar refractivity (Wildman–Crippen MR) is 107 cm³/mol. The number of aromatic amines is 1. The van der Waals surface area contributed by atoms with E-state index in [9.17, 15) is 9.50 Å². The molecule has 6 heteroatoms. The number of aryl methyl sites for hydroxylation is 1. The second-order valence-corrected chi connectivity index (χ2v) is 7.53. The van der Waals surface area contributed by atoms with E-state index in [4.69, 9.17) is 4.74 Å². The molecular formula is C22H26FN3O2. The fraction of sp³-hybridized carbons (Fsp3) is 0.409. The van der Waals surface area contributed by atoms with Crippen LogP contribution in [0.3, 0.4) is 0 Å². The lowest BCUT2D eigenvalue weighted by atomic mass is 10.0. The second kappa shape index (κ2) is 7.89. The zero-order chi connectivity index (χ0) is 19.7. The van der Waals surface area contributed by atoms with Crippen LogP contribution in [0.4, 0.5) is 4.39 Å². The van der Waals surface area contributed by atoms with Crippen molar-refractivity contribution in [3.8, 4) is 5.75 Å². The van der Waals surface area contributed by atoms with E-state index in [0.29, 0.717) is 17.8 Å². The van der Waals surface area contributed by atoms with Crippen molar-refractivity contribution in [1.29, 1.82) is 0 Å². The van der Waals surface area contributed by atoms with Crippen LogP contribution in [0, 0.1) is 5.82 Å². The predicted octanol–water partition coefficient (Wildman–Crippen LogP) is 4.17. The van der Waals surface area contributed by atoms with Crippen molar-refractivity contribution < 1.29 is 14.2 Å². The van der Waals surface area contributed by atoms with Crippen LogP contribution >= 0.6 is 0 Å². The van der Waals surface area contributed by atoms with Gasteiger partial charge in [0, 0.05) is 18.7 Å². The number of aromatic nitrogens is 2. The van der Waals surface area contributed by atoms with Gasteiger partial charge < -0.3 is 19.7 Å². The maximum absolute atomic E-state index is 14.4. The molecule has 2 heterocycles. The van der Waals surface area contributed by atoms with Crippen LogP contribution in [0.1, 0.15) is 42.8 Å². The molecule has 2 aromatic carbocycles. The molecule has 1 aliphatic heterocycles. The number of ether oxygens (including phenoxy) is 1. The smallest absolute Gasteiger partial charge is 0.165 e. The van der Waals surface area contributed by atoms with Crippen molar-refractivity contribution in [1.82, 2.24) is 14.9 Å². The Morgan fingerprint density at radius 3 is 2.75 bits per heavy atom. The van der Waals surface area contributed by atoms with Gasteiger partial charge >= 0.3 is 0 Å². The van der Waals surface area contributed by atoms with Crippen LogP contribution in [0.5, 0.6) is 5.75 Å². The van der Waals surface area contributed by atoms with Crippen LogP contribution in [-0.4, -0.2) is 46.2 Å². The van der Waals surface area contributed by atoms with Gasteiger partial charge in [-0.1, -0.05) is 19.1 Å². The van der Waals surface area contributed by atoms with Crippen molar-refractivity contribution >= 4 is 11.0 Å². The number of rotatable bonds is 5. The van der Waals surface area contributed by atoms with Gasteiger partial charge in [-0.15, -0.1) is 0 Å². The molecule has 0 radical (unpaired) electrons. The molecule has 1 atom stereocenters. The van der Waals surface area contributed by atoms with Crippen LogP contribution in [-0.2, 0) is 11.2 Å². The first-order valence-corrected chi connectivity index (χ1v) is 9.85. The van der Waals surface area contributed by atoms with E-state index >= 15 is 0 Å². The topological polar surface area (TPSA) is 61.4 Å². The second-order valence-electron chi connectivity index (χ2n) is 7.53. The van der Waals surface area contributed by atoms with Crippen LogP contribution in [0.2, 0.25) is 0 Å². The van der Waals surface area contributed by atoms with E-state index in [0.717, 1.165) is 42.5 Å². The molecule has 0 aliphatic carbocycles. The first-order valence-electron chi connectivity index (χ1n) is 9.85. The lowest BCUT2D eigenvalue weighted by molar-refractivity contribution is -0.0273. The zero-order valence-electron chi connectivity index (χ0n) is 16.3. The van der Waals surface area contributed by atoms with Gasteiger partial charge in [-0.2, -0.15) is 0 Å². The summed E-state index contributed by atoms with van der Waals surface area (Å²) in [7, 11) is 2.10. The van der Waals surface area contributed by atoms with E-state index in [2.05, 4.69) is 21.9 Å². The van der Waals surface area contributed by atoms with Crippen molar-refractivity contribution in [3.05, 3.63) is 59.2 Å². The molecule has 0 bridgehead atoms. The van der Waals surface area contributed by atoms with E-state index in [1.165, 1.54) is 6.07 Å². The van der Waals surface area contributed by atoms with Gasteiger partial charge in [0.2, 0.25) is 0 Å². The van der Waals surface area contributed by atoms with Gasteiger partial charge in [0.25, 0.3) is 0 Å². The van der Waals surface area contributed by atoms with E-state index in [1.54, 1.807) is 0 Å². The molecule has 2 N–H and O–H groups in total. The molecule has 3 aromatic rings. The SMILES string of the molecule is CCc1cc(F)c(O)c(C(OC2CCN(C)CC2)c2nc3ccccc3[nH]2)c1.